The number of aromatic nitrogens is 4. The fraction of sp³-hybridized carbons (Fsp3) is 0.385. The molecule has 3 heterocycles. The van der Waals surface area contributed by atoms with Gasteiger partial charge in [-0.05, 0) is 67.9 Å². The lowest BCUT2D eigenvalue weighted by molar-refractivity contribution is -0.167. The van der Waals surface area contributed by atoms with Crippen LogP contribution in [0.5, 0.6) is 0 Å². The zero-order valence-electron chi connectivity index (χ0n) is 20.2. The number of benzene rings is 1. The quantitative estimate of drug-likeness (QED) is 0.348. The van der Waals surface area contributed by atoms with Crippen molar-refractivity contribution in [3.8, 4) is 0 Å². The molecule has 1 fully saturated rings. The summed E-state index contributed by atoms with van der Waals surface area (Å²) < 4.78 is 39.8. The summed E-state index contributed by atoms with van der Waals surface area (Å²) >= 11 is 0. The number of hydrogen-bond donors (Lipinski definition) is 2. The fourth-order valence-corrected chi connectivity index (χ4v) is 4.79. The molecule has 7 nitrogen and oxygen atoms in total. The number of carbonyl (C=O) groups excluding carboxylic acids is 1. The summed E-state index contributed by atoms with van der Waals surface area (Å²) in [5.41, 5.74) is 8.44. The third-order valence-corrected chi connectivity index (χ3v) is 6.54. The van der Waals surface area contributed by atoms with Crippen molar-refractivity contribution in [2.24, 2.45) is 5.92 Å². The number of fused-ring (bicyclic) bond motifs is 2. The molecule has 0 bridgehead atoms. The van der Waals surface area contributed by atoms with E-state index in [0.717, 1.165) is 54.1 Å². The molecule has 0 saturated heterocycles. The van der Waals surface area contributed by atoms with Gasteiger partial charge in [-0.15, -0.1) is 0 Å². The van der Waals surface area contributed by atoms with Gasteiger partial charge in [0.1, 0.15) is 23.6 Å². The first-order valence-corrected chi connectivity index (χ1v) is 12.1. The molecule has 5 rings (SSSR count). The molecule has 2 unspecified atom stereocenters. The van der Waals surface area contributed by atoms with Crippen molar-refractivity contribution in [1.29, 1.82) is 0 Å². The molecule has 3 aromatic heterocycles. The first-order chi connectivity index (χ1) is 17.3. The second kappa shape index (κ2) is 10.5. The Morgan fingerprint density at radius 3 is 2.69 bits per heavy atom. The smallest absolute Gasteiger partial charge is 0.383 e. The van der Waals surface area contributed by atoms with E-state index in [9.17, 15) is 18.0 Å². The van der Waals surface area contributed by atoms with Gasteiger partial charge < -0.3 is 15.6 Å². The Hall–Kier alpha value is -3.69. The summed E-state index contributed by atoms with van der Waals surface area (Å²) in [5, 5.41) is 3.49. The fourth-order valence-electron chi connectivity index (χ4n) is 4.79. The van der Waals surface area contributed by atoms with Crippen molar-refractivity contribution in [3.63, 3.8) is 0 Å². The van der Waals surface area contributed by atoms with Gasteiger partial charge in [-0.1, -0.05) is 26.0 Å². The number of pyridine rings is 1. The Labute approximate surface area is 206 Å². The van der Waals surface area contributed by atoms with E-state index in [1.54, 1.807) is 6.07 Å². The van der Waals surface area contributed by atoms with Crippen LogP contribution in [0, 0.1) is 5.92 Å². The minimum absolute atomic E-state index is 0.117. The number of nitrogens with zero attached hydrogens (tertiary/aromatic N) is 4. The Morgan fingerprint density at radius 1 is 1.14 bits per heavy atom. The molecule has 190 valence electrons. The highest BCUT2D eigenvalue weighted by Crippen LogP contribution is 2.39. The van der Waals surface area contributed by atoms with Crippen LogP contribution in [0.2, 0.25) is 0 Å². The topological polar surface area (TPSA) is 98.7 Å². The van der Waals surface area contributed by atoms with Crippen LogP contribution in [0.1, 0.15) is 51.1 Å². The molecule has 1 aliphatic carbocycles. The Bertz CT molecular complexity index is 1370. The van der Waals surface area contributed by atoms with Crippen LogP contribution in [0.25, 0.3) is 21.9 Å². The molecule has 1 aromatic carbocycles. The molecule has 10 heteroatoms. The van der Waals surface area contributed by atoms with E-state index in [0.29, 0.717) is 23.3 Å². The molecule has 0 radical (unpaired) electrons. The number of aryl methyl sites for hydroxylation is 1. The normalized spacial score (nSPS) is 17.7. The van der Waals surface area contributed by atoms with E-state index in [-0.39, 0.29) is 5.82 Å². The van der Waals surface area contributed by atoms with Gasteiger partial charge in [-0.3, -0.25) is 4.79 Å². The van der Waals surface area contributed by atoms with Gasteiger partial charge in [0.2, 0.25) is 0 Å². The molecule has 0 spiro atoms. The van der Waals surface area contributed by atoms with E-state index in [1.165, 1.54) is 12.4 Å². The highest BCUT2D eigenvalue weighted by molar-refractivity contribution is 5.95. The largest absolute Gasteiger partial charge is 0.471 e. The van der Waals surface area contributed by atoms with Gasteiger partial charge in [-0.2, -0.15) is 13.2 Å². The first kappa shape index (κ1) is 25.4. The van der Waals surface area contributed by atoms with Crippen molar-refractivity contribution in [3.05, 3.63) is 54.5 Å². The van der Waals surface area contributed by atoms with Crippen LogP contribution in [-0.4, -0.2) is 31.6 Å². The van der Waals surface area contributed by atoms with Crippen LogP contribution in [0.4, 0.5) is 24.8 Å². The maximum Gasteiger partial charge on any atom is 0.471 e. The van der Waals surface area contributed by atoms with Gasteiger partial charge >= 0.3 is 12.1 Å². The standard InChI is InChI=1S/C24H23F3N6O.C2H6/c25-24(26,27)23(34)32-20-8-6-16-5-3-15(12-19(16)31-20)2-1-14-4-7-17(11-14)33-10-9-18-21(28)29-13-30-22(18)33;1-2/h3,5-6,8-10,12-14,17H,1-2,4,7,11H2,(H2,28,29,30)(H,31,32,34);1-2H3. The van der Waals surface area contributed by atoms with Gasteiger partial charge in [-0.25, -0.2) is 15.0 Å². The zero-order chi connectivity index (χ0) is 25.9. The molecule has 0 aliphatic heterocycles. The Balaban J connectivity index is 0.00000148. The molecular weight excluding hydrogens is 469 g/mol. The summed E-state index contributed by atoms with van der Waals surface area (Å²) in [7, 11) is 0. The van der Waals surface area contributed by atoms with Gasteiger partial charge in [0.15, 0.2) is 0 Å². The van der Waals surface area contributed by atoms with Crippen molar-refractivity contribution in [1.82, 2.24) is 19.5 Å². The van der Waals surface area contributed by atoms with Crippen LogP contribution in [0.15, 0.2) is 48.9 Å². The number of hydrogen-bond acceptors (Lipinski definition) is 5. The third kappa shape index (κ3) is 5.42. The van der Waals surface area contributed by atoms with E-state index in [1.807, 2.05) is 49.6 Å². The lowest BCUT2D eigenvalue weighted by Gasteiger charge is -2.14. The average molecular weight is 499 g/mol. The predicted octanol–water partition coefficient (Wildman–Crippen LogP) is 6.06. The molecule has 4 aromatic rings. The van der Waals surface area contributed by atoms with E-state index in [4.69, 9.17) is 5.73 Å². The van der Waals surface area contributed by atoms with Crippen LogP contribution in [0.3, 0.4) is 0 Å². The molecule has 1 saturated carbocycles. The zero-order valence-corrected chi connectivity index (χ0v) is 20.2. The van der Waals surface area contributed by atoms with Crippen molar-refractivity contribution in [2.45, 2.75) is 58.2 Å². The highest BCUT2D eigenvalue weighted by Gasteiger charge is 2.38. The third-order valence-electron chi connectivity index (χ3n) is 6.54. The van der Waals surface area contributed by atoms with Gasteiger partial charge in [0.05, 0.1) is 10.9 Å². The second-order valence-corrected chi connectivity index (χ2v) is 8.77. The summed E-state index contributed by atoms with van der Waals surface area (Å²) in [4.78, 5) is 23.9. The maximum absolute atomic E-state index is 12.5. The number of nitrogens with two attached hydrogens (primary N) is 1. The maximum atomic E-state index is 12.5. The number of carbonyl (C=O) groups is 1. The first-order valence-electron chi connectivity index (χ1n) is 12.1. The molecule has 3 N–H and O–H groups in total. The van der Waals surface area contributed by atoms with Crippen LogP contribution < -0.4 is 11.1 Å². The lowest BCUT2D eigenvalue weighted by Crippen LogP contribution is -2.30. The van der Waals surface area contributed by atoms with Gasteiger partial charge in [0, 0.05) is 17.6 Å². The van der Waals surface area contributed by atoms with Crippen molar-refractivity contribution >= 4 is 39.5 Å². The molecule has 2 atom stereocenters. The predicted molar refractivity (Wildman–Crippen MR) is 134 cm³/mol. The van der Waals surface area contributed by atoms with Crippen LogP contribution >= 0.6 is 0 Å². The van der Waals surface area contributed by atoms with Crippen molar-refractivity contribution in [2.75, 3.05) is 11.1 Å². The van der Waals surface area contributed by atoms with E-state index in [2.05, 4.69) is 19.5 Å². The summed E-state index contributed by atoms with van der Waals surface area (Å²) in [6.45, 7) is 4.00. The summed E-state index contributed by atoms with van der Waals surface area (Å²) in [6.07, 6.45) is 3.65. The molecule has 36 heavy (non-hydrogen) atoms. The highest BCUT2D eigenvalue weighted by atomic mass is 19.4. The van der Waals surface area contributed by atoms with E-state index < -0.39 is 12.1 Å². The van der Waals surface area contributed by atoms with E-state index >= 15 is 0 Å². The monoisotopic (exact) mass is 498 g/mol. The number of nitrogens with one attached hydrogen (secondary N) is 1. The van der Waals surface area contributed by atoms with Crippen molar-refractivity contribution < 1.29 is 18.0 Å². The summed E-state index contributed by atoms with van der Waals surface area (Å²) in [5.74, 6) is -1.10. The number of nitrogen functional groups attached to an aromatic ring is 1. The number of alkyl halides is 3. The summed E-state index contributed by atoms with van der Waals surface area (Å²) in [6, 6.07) is 11.2. The Morgan fingerprint density at radius 2 is 1.92 bits per heavy atom. The molecule has 1 aliphatic rings. The molecular formula is C26H29F3N6O. The number of rotatable bonds is 5. The van der Waals surface area contributed by atoms with Crippen LogP contribution in [-0.2, 0) is 11.2 Å². The minimum Gasteiger partial charge on any atom is -0.383 e. The second-order valence-electron chi connectivity index (χ2n) is 8.77. The number of halogens is 3. The molecule has 1 amide bonds. The average Bonchev–Trinajstić information content (AvgIpc) is 3.51. The lowest BCUT2D eigenvalue weighted by atomic mass is 9.97. The van der Waals surface area contributed by atoms with Gasteiger partial charge in [0.25, 0.3) is 0 Å². The number of amides is 1. The number of anilines is 2. The SMILES string of the molecule is CC.Nc1ncnc2c1ccn2C1CCC(CCc2ccc3ccc(NC(=O)C(F)(F)F)nc3c2)C1. The minimum atomic E-state index is -4.95. The Kier molecular flexibility index (Phi) is 7.42.